The molecular weight excluding hydrogens is 354 g/mol. The molecule has 6 aliphatic rings. The highest BCUT2D eigenvalue weighted by atomic mass is 16.3. The molecule has 1 N–H and O–H groups in total. The number of hydrogen-bond acceptors (Lipinski definition) is 2. The third kappa shape index (κ3) is 2.80. The van der Waals surface area contributed by atoms with Crippen molar-refractivity contribution < 1.29 is 5.11 Å². The molecule has 2 heteroatoms. The molecule has 2 heterocycles. The first kappa shape index (κ1) is 19.4. The van der Waals surface area contributed by atoms with Gasteiger partial charge >= 0.3 is 0 Å². The molecule has 0 aromatic heterocycles. The number of nitrogens with zero attached hydrogens (tertiary/aromatic N) is 1. The lowest BCUT2D eigenvalue weighted by atomic mass is 9.56. The Bertz CT molecular complexity index is 684. The Balaban J connectivity index is 1.27. The third-order valence-electron chi connectivity index (χ3n) is 11.4. The number of rotatable bonds is 0. The van der Waals surface area contributed by atoms with Crippen LogP contribution in [0.4, 0.5) is 0 Å². The fourth-order valence-electron chi connectivity index (χ4n) is 9.95. The summed E-state index contributed by atoms with van der Waals surface area (Å²) in [5.74, 6) is 7.61. The maximum atomic E-state index is 10.3. The van der Waals surface area contributed by atoms with E-state index in [1.165, 1.54) is 58.0 Å². The molecular formula is C27H43NO. The molecule has 162 valence electrons. The minimum absolute atomic E-state index is 0.0730. The largest absolute Gasteiger partial charge is 0.393 e. The summed E-state index contributed by atoms with van der Waals surface area (Å²) in [5, 5.41) is 10.3. The Morgan fingerprint density at radius 3 is 2.62 bits per heavy atom. The maximum Gasteiger partial charge on any atom is 0.0577 e. The predicted molar refractivity (Wildman–Crippen MR) is 118 cm³/mol. The Morgan fingerprint density at radius 1 is 0.931 bits per heavy atom. The summed E-state index contributed by atoms with van der Waals surface area (Å²) >= 11 is 0. The van der Waals surface area contributed by atoms with Gasteiger partial charge in [0.25, 0.3) is 0 Å². The molecule has 0 spiro atoms. The number of aliphatic hydroxyl groups excluding tert-OH is 1. The number of fused-ring (bicyclic) bond motifs is 8. The van der Waals surface area contributed by atoms with Crippen molar-refractivity contribution in [1.29, 1.82) is 0 Å². The van der Waals surface area contributed by atoms with E-state index in [0.717, 1.165) is 66.2 Å². The van der Waals surface area contributed by atoms with Crippen LogP contribution in [0.3, 0.4) is 0 Å². The lowest BCUT2D eigenvalue weighted by Crippen LogP contribution is -2.58. The molecule has 2 aliphatic heterocycles. The fourth-order valence-corrected chi connectivity index (χ4v) is 9.95. The smallest absolute Gasteiger partial charge is 0.0577 e. The van der Waals surface area contributed by atoms with Gasteiger partial charge in [0.05, 0.1) is 6.10 Å². The first-order valence-electron chi connectivity index (χ1n) is 13.1. The minimum atomic E-state index is -0.0730. The highest BCUT2D eigenvalue weighted by Gasteiger charge is 2.59. The lowest BCUT2D eigenvalue weighted by molar-refractivity contribution is -0.0715. The van der Waals surface area contributed by atoms with Crippen LogP contribution in [0.5, 0.6) is 0 Å². The standard InChI is InChI=1S/C27H43NO/c1-16-4-9-26-17(2)20-7-8-21-22-6-5-18-12-19(29)10-11-27(18,3)25(22)13-23(21)24(20)15-28(26)14-16/h5,16-17,19-26,29H,4,6-15H2,1-3H3/t16-,17+,19-,20+,21-,22-,23+,24+,25-,26-,27-/m0/s1. The van der Waals surface area contributed by atoms with Gasteiger partial charge in [-0.25, -0.2) is 0 Å². The third-order valence-corrected chi connectivity index (χ3v) is 11.4. The molecule has 0 radical (unpaired) electrons. The van der Waals surface area contributed by atoms with E-state index in [4.69, 9.17) is 0 Å². The number of hydrogen-bond donors (Lipinski definition) is 1. The van der Waals surface area contributed by atoms with Crippen LogP contribution in [0.1, 0.15) is 78.6 Å². The summed E-state index contributed by atoms with van der Waals surface area (Å²) in [5.41, 5.74) is 2.03. The van der Waals surface area contributed by atoms with Gasteiger partial charge in [0.2, 0.25) is 0 Å². The van der Waals surface area contributed by atoms with Crippen molar-refractivity contribution in [2.75, 3.05) is 13.1 Å². The first-order valence-corrected chi connectivity index (χ1v) is 13.1. The van der Waals surface area contributed by atoms with Crippen LogP contribution in [-0.2, 0) is 0 Å². The van der Waals surface area contributed by atoms with Crippen molar-refractivity contribution >= 4 is 0 Å². The van der Waals surface area contributed by atoms with Crippen molar-refractivity contribution in [1.82, 2.24) is 4.90 Å². The Hall–Kier alpha value is -0.340. The van der Waals surface area contributed by atoms with Crippen LogP contribution in [0.2, 0.25) is 0 Å². The summed E-state index contributed by atoms with van der Waals surface area (Å²) < 4.78 is 0. The van der Waals surface area contributed by atoms with Gasteiger partial charge in [0, 0.05) is 19.1 Å². The molecule has 6 rings (SSSR count). The zero-order valence-electron chi connectivity index (χ0n) is 19.0. The molecule has 0 amide bonds. The Labute approximate surface area is 178 Å². The monoisotopic (exact) mass is 397 g/mol. The molecule has 0 aromatic rings. The van der Waals surface area contributed by atoms with E-state index in [1.54, 1.807) is 5.57 Å². The zero-order valence-corrected chi connectivity index (χ0v) is 19.0. The van der Waals surface area contributed by atoms with Gasteiger partial charge in [-0.15, -0.1) is 0 Å². The van der Waals surface area contributed by atoms with Crippen molar-refractivity contribution in [3.8, 4) is 0 Å². The van der Waals surface area contributed by atoms with Crippen LogP contribution in [0, 0.1) is 52.8 Å². The Kier molecular flexibility index (Phi) is 4.56. The van der Waals surface area contributed by atoms with Gasteiger partial charge in [-0.1, -0.05) is 32.4 Å². The van der Waals surface area contributed by atoms with Crippen LogP contribution in [-0.4, -0.2) is 35.2 Å². The van der Waals surface area contributed by atoms with E-state index in [2.05, 4.69) is 31.7 Å². The molecule has 3 saturated carbocycles. The van der Waals surface area contributed by atoms with Gasteiger partial charge in [0.15, 0.2) is 0 Å². The van der Waals surface area contributed by atoms with Crippen LogP contribution >= 0.6 is 0 Å². The van der Waals surface area contributed by atoms with Crippen LogP contribution in [0.25, 0.3) is 0 Å². The van der Waals surface area contributed by atoms with E-state index < -0.39 is 0 Å². The summed E-state index contributed by atoms with van der Waals surface area (Å²) in [7, 11) is 0. The summed E-state index contributed by atoms with van der Waals surface area (Å²) in [6, 6.07) is 0.887. The average Bonchev–Trinajstić information content (AvgIpc) is 3.09. The van der Waals surface area contributed by atoms with Gasteiger partial charge < -0.3 is 5.11 Å². The van der Waals surface area contributed by atoms with E-state index in [9.17, 15) is 5.11 Å². The molecule has 0 bridgehead atoms. The maximum absolute atomic E-state index is 10.3. The number of allylic oxidation sites excluding steroid dienone is 1. The van der Waals surface area contributed by atoms with E-state index >= 15 is 0 Å². The molecule has 0 unspecified atom stereocenters. The minimum Gasteiger partial charge on any atom is -0.393 e. The molecule has 0 aromatic carbocycles. The first-order chi connectivity index (χ1) is 14.0. The second-order valence-corrected chi connectivity index (χ2v) is 12.6. The van der Waals surface area contributed by atoms with E-state index in [-0.39, 0.29) is 6.10 Å². The second-order valence-electron chi connectivity index (χ2n) is 12.6. The Morgan fingerprint density at radius 2 is 1.76 bits per heavy atom. The summed E-state index contributed by atoms with van der Waals surface area (Å²) in [4.78, 5) is 2.95. The summed E-state index contributed by atoms with van der Waals surface area (Å²) in [6.45, 7) is 10.5. The normalized spacial score (nSPS) is 57.0. The molecule has 11 atom stereocenters. The van der Waals surface area contributed by atoms with Gasteiger partial charge in [0.1, 0.15) is 0 Å². The zero-order chi connectivity index (χ0) is 19.9. The van der Waals surface area contributed by atoms with Crippen molar-refractivity contribution in [3.63, 3.8) is 0 Å². The molecule has 5 fully saturated rings. The summed E-state index contributed by atoms with van der Waals surface area (Å²) in [6.07, 6.45) is 14.5. The highest BCUT2D eigenvalue weighted by Crippen LogP contribution is 2.65. The van der Waals surface area contributed by atoms with Crippen LogP contribution < -0.4 is 0 Å². The molecule has 29 heavy (non-hydrogen) atoms. The molecule has 2 nitrogen and oxygen atoms in total. The highest BCUT2D eigenvalue weighted by molar-refractivity contribution is 5.25. The van der Waals surface area contributed by atoms with Gasteiger partial charge in [-0.2, -0.15) is 0 Å². The number of aliphatic hydroxyl groups is 1. The second kappa shape index (κ2) is 6.83. The fraction of sp³-hybridized carbons (Fsp3) is 0.926. The topological polar surface area (TPSA) is 23.5 Å². The lowest BCUT2D eigenvalue weighted by Gasteiger charge is -2.56. The molecule has 4 aliphatic carbocycles. The molecule has 2 saturated heterocycles. The van der Waals surface area contributed by atoms with Crippen molar-refractivity contribution in [3.05, 3.63) is 11.6 Å². The average molecular weight is 398 g/mol. The number of piperidine rings is 2. The van der Waals surface area contributed by atoms with E-state index in [1.807, 2.05) is 0 Å². The van der Waals surface area contributed by atoms with E-state index in [0.29, 0.717) is 5.41 Å². The van der Waals surface area contributed by atoms with Gasteiger partial charge in [-0.3, -0.25) is 4.90 Å². The SMILES string of the molecule is C[C@H]1CC[C@H]2[C@H](C)[C@H]3CC[C@@H]4[C@@H](C[C@H]5[C@H]4CC=C4C[C@@H](O)CC[C@@]45C)[C@@H]3CN2C1. The van der Waals surface area contributed by atoms with Crippen LogP contribution in [0.15, 0.2) is 11.6 Å². The van der Waals surface area contributed by atoms with Crippen molar-refractivity contribution in [2.24, 2.45) is 52.8 Å². The predicted octanol–water partition coefficient (Wildman–Crippen LogP) is 5.51. The quantitative estimate of drug-likeness (QED) is 0.545. The van der Waals surface area contributed by atoms with Crippen molar-refractivity contribution in [2.45, 2.75) is 90.7 Å². The van der Waals surface area contributed by atoms with Gasteiger partial charge in [-0.05, 0) is 111 Å².